The predicted molar refractivity (Wildman–Crippen MR) is 114 cm³/mol. The van der Waals surface area contributed by atoms with E-state index in [1.165, 1.54) is 0 Å². The maximum absolute atomic E-state index is 11.1. The zero-order chi connectivity index (χ0) is 20.1. The molecule has 148 valence electrons. The fourth-order valence-corrected chi connectivity index (χ4v) is 4.36. The van der Waals surface area contributed by atoms with Crippen LogP contribution in [0, 0.1) is 6.92 Å². The van der Waals surface area contributed by atoms with E-state index in [9.17, 15) is 4.79 Å². The third-order valence-corrected chi connectivity index (χ3v) is 5.99. The van der Waals surface area contributed by atoms with Crippen LogP contribution in [-0.2, 0) is 9.63 Å². The molecular weight excluding hydrogens is 419 g/mol. The van der Waals surface area contributed by atoms with Crippen LogP contribution in [0.25, 0.3) is 0 Å². The third kappa shape index (κ3) is 5.14. The Bertz CT molecular complexity index is 924. The molecule has 0 saturated carbocycles. The van der Waals surface area contributed by atoms with Crippen molar-refractivity contribution in [3.63, 3.8) is 0 Å². The molecule has 1 aromatic heterocycles. The zero-order valence-electron chi connectivity index (χ0n) is 15.3. The standard InChI is InChI=1S/C20H20Cl2N2O3S/c1-13-6-10-28-19(13)18(16-5-4-15(21)11-17(16)22)23-27-9-8-24-7-2-3-14(12-24)20(25)26/h3-6,10-11H,2,7-9,12H2,1H3,(H,25,26). The number of carboxylic acid groups (broad SMARTS) is 1. The van der Waals surface area contributed by atoms with E-state index >= 15 is 0 Å². The van der Waals surface area contributed by atoms with Crippen molar-refractivity contribution in [2.24, 2.45) is 5.16 Å². The summed E-state index contributed by atoms with van der Waals surface area (Å²) >= 11 is 14.0. The van der Waals surface area contributed by atoms with E-state index in [1.54, 1.807) is 29.5 Å². The van der Waals surface area contributed by atoms with Gasteiger partial charge in [0.15, 0.2) is 0 Å². The molecule has 2 heterocycles. The average molecular weight is 439 g/mol. The van der Waals surface area contributed by atoms with Crippen LogP contribution >= 0.6 is 34.5 Å². The molecule has 8 heteroatoms. The second-order valence-corrected chi connectivity index (χ2v) is 8.19. The van der Waals surface area contributed by atoms with Crippen molar-refractivity contribution in [2.75, 3.05) is 26.2 Å². The Labute approximate surface area is 177 Å². The molecule has 1 aliphatic rings. The molecule has 0 fully saturated rings. The molecule has 0 unspecified atom stereocenters. The lowest BCUT2D eigenvalue weighted by atomic mass is 10.1. The highest BCUT2D eigenvalue weighted by Crippen LogP contribution is 2.27. The van der Waals surface area contributed by atoms with Crippen LogP contribution in [0.3, 0.4) is 0 Å². The molecule has 1 aromatic carbocycles. The zero-order valence-corrected chi connectivity index (χ0v) is 17.7. The topological polar surface area (TPSA) is 62.1 Å². The Morgan fingerprint density at radius 3 is 2.86 bits per heavy atom. The Morgan fingerprint density at radius 1 is 1.36 bits per heavy atom. The lowest BCUT2D eigenvalue weighted by molar-refractivity contribution is -0.133. The second kappa shape index (κ2) is 9.56. The van der Waals surface area contributed by atoms with Crippen LogP contribution < -0.4 is 0 Å². The molecule has 0 amide bonds. The van der Waals surface area contributed by atoms with Crippen LogP contribution in [0.5, 0.6) is 0 Å². The molecular formula is C20H20Cl2N2O3S. The summed E-state index contributed by atoms with van der Waals surface area (Å²) < 4.78 is 0. The Kier molecular flexibility index (Phi) is 7.13. The van der Waals surface area contributed by atoms with E-state index < -0.39 is 5.97 Å². The molecule has 0 aliphatic carbocycles. The van der Waals surface area contributed by atoms with Gasteiger partial charge in [0.2, 0.25) is 0 Å². The summed E-state index contributed by atoms with van der Waals surface area (Å²) in [7, 11) is 0. The van der Waals surface area contributed by atoms with Gasteiger partial charge in [0, 0.05) is 35.8 Å². The lowest BCUT2D eigenvalue weighted by Crippen LogP contribution is -2.34. The fourth-order valence-electron chi connectivity index (χ4n) is 2.94. The molecule has 0 radical (unpaired) electrons. The minimum Gasteiger partial charge on any atom is -0.478 e. The first-order valence-corrected chi connectivity index (χ1v) is 10.4. The average Bonchev–Trinajstić information content (AvgIpc) is 3.08. The first kappa shape index (κ1) is 20.9. The number of rotatable bonds is 7. The van der Waals surface area contributed by atoms with Gasteiger partial charge in [0.25, 0.3) is 0 Å². The molecule has 2 aromatic rings. The normalized spacial score (nSPS) is 15.4. The number of hydrogen-bond donors (Lipinski definition) is 1. The van der Waals surface area contributed by atoms with Crippen LogP contribution in [0.1, 0.15) is 22.4 Å². The predicted octanol–water partition coefficient (Wildman–Crippen LogP) is 4.85. The molecule has 28 heavy (non-hydrogen) atoms. The van der Waals surface area contributed by atoms with Crippen molar-refractivity contribution in [3.8, 4) is 0 Å². The summed E-state index contributed by atoms with van der Waals surface area (Å²) in [5.41, 5.74) is 2.94. The highest BCUT2D eigenvalue weighted by molar-refractivity contribution is 7.12. The minimum absolute atomic E-state index is 0.353. The molecule has 5 nitrogen and oxygen atoms in total. The maximum Gasteiger partial charge on any atom is 0.332 e. The largest absolute Gasteiger partial charge is 0.478 e. The van der Waals surface area contributed by atoms with Crippen LogP contribution in [0.4, 0.5) is 0 Å². The molecule has 0 bridgehead atoms. The maximum atomic E-state index is 11.1. The first-order chi connectivity index (χ1) is 13.5. The number of nitrogens with zero attached hydrogens (tertiary/aromatic N) is 2. The SMILES string of the molecule is Cc1ccsc1C(=NOCCN1CCC=C(C(=O)O)C1)c1ccc(Cl)cc1Cl. The number of aliphatic carboxylic acids is 1. The second-order valence-electron chi connectivity index (χ2n) is 6.43. The molecule has 1 aliphatic heterocycles. The molecule has 0 saturated heterocycles. The molecule has 0 spiro atoms. The van der Waals surface area contributed by atoms with Crippen molar-refractivity contribution in [1.82, 2.24) is 4.90 Å². The van der Waals surface area contributed by atoms with E-state index in [-0.39, 0.29) is 0 Å². The van der Waals surface area contributed by atoms with Gasteiger partial charge in [-0.2, -0.15) is 0 Å². The van der Waals surface area contributed by atoms with E-state index in [4.69, 9.17) is 33.1 Å². The lowest BCUT2D eigenvalue weighted by Gasteiger charge is -2.24. The highest BCUT2D eigenvalue weighted by atomic mass is 35.5. The summed E-state index contributed by atoms with van der Waals surface area (Å²) in [5.74, 6) is -0.864. The Hall–Kier alpha value is -1.86. The van der Waals surface area contributed by atoms with Gasteiger partial charge >= 0.3 is 5.97 Å². The van der Waals surface area contributed by atoms with E-state index in [0.717, 1.165) is 29.0 Å². The molecule has 3 rings (SSSR count). The molecule has 0 atom stereocenters. The number of halogens is 2. The summed E-state index contributed by atoms with van der Waals surface area (Å²) in [6.07, 6.45) is 2.50. The van der Waals surface area contributed by atoms with Gasteiger partial charge in [-0.05, 0) is 48.6 Å². The van der Waals surface area contributed by atoms with Gasteiger partial charge in [0.05, 0.1) is 9.90 Å². The van der Waals surface area contributed by atoms with E-state index in [1.807, 2.05) is 29.3 Å². The van der Waals surface area contributed by atoms with Crippen molar-refractivity contribution in [3.05, 3.63) is 67.3 Å². The summed E-state index contributed by atoms with van der Waals surface area (Å²) in [4.78, 5) is 19.8. The Morgan fingerprint density at radius 2 is 2.18 bits per heavy atom. The van der Waals surface area contributed by atoms with Crippen molar-refractivity contribution in [1.29, 1.82) is 0 Å². The van der Waals surface area contributed by atoms with E-state index in [2.05, 4.69) is 5.16 Å². The first-order valence-electron chi connectivity index (χ1n) is 8.80. The van der Waals surface area contributed by atoms with E-state index in [0.29, 0.717) is 41.0 Å². The van der Waals surface area contributed by atoms with Crippen molar-refractivity contribution >= 4 is 46.2 Å². The number of benzene rings is 1. The number of aryl methyl sites for hydroxylation is 1. The number of oxime groups is 1. The third-order valence-electron chi connectivity index (χ3n) is 4.42. The highest BCUT2D eigenvalue weighted by Gasteiger charge is 2.18. The van der Waals surface area contributed by atoms with Gasteiger partial charge in [-0.3, -0.25) is 4.90 Å². The number of thiophene rings is 1. The van der Waals surface area contributed by atoms with Crippen molar-refractivity contribution in [2.45, 2.75) is 13.3 Å². The molecule has 1 N–H and O–H groups in total. The fraction of sp³-hybridized carbons (Fsp3) is 0.300. The number of hydrogen-bond acceptors (Lipinski definition) is 5. The monoisotopic (exact) mass is 438 g/mol. The smallest absolute Gasteiger partial charge is 0.332 e. The minimum atomic E-state index is -0.864. The van der Waals surface area contributed by atoms with Crippen LogP contribution in [0.15, 0.2) is 46.5 Å². The Balaban J connectivity index is 1.71. The van der Waals surface area contributed by atoms with Gasteiger partial charge < -0.3 is 9.94 Å². The van der Waals surface area contributed by atoms with Gasteiger partial charge in [-0.15, -0.1) is 11.3 Å². The van der Waals surface area contributed by atoms with Crippen molar-refractivity contribution < 1.29 is 14.7 Å². The van der Waals surface area contributed by atoms with Gasteiger partial charge in [0.1, 0.15) is 12.3 Å². The summed E-state index contributed by atoms with van der Waals surface area (Å²) in [5, 5.41) is 16.6. The number of carboxylic acids is 1. The van der Waals surface area contributed by atoms with Crippen LogP contribution in [0.2, 0.25) is 10.0 Å². The summed E-state index contributed by atoms with van der Waals surface area (Å²) in [6.45, 7) is 4.19. The summed E-state index contributed by atoms with van der Waals surface area (Å²) in [6, 6.07) is 7.31. The van der Waals surface area contributed by atoms with Gasteiger partial charge in [-0.1, -0.05) is 34.4 Å². The number of carbonyl (C=O) groups is 1. The quantitative estimate of drug-likeness (QED) is 0.381. The van der Waals surface area contributed by atoms with Crippen LogP contribution in [-0.4, -0.2) is 47.9 Å². The van der Waals surface area contributed by atoms with Gasteiger partial charge in [-0.25, -0.2) is 4.79 Å².